The lowest BCUT2D eigenvalue weighted by Crippen LogP contribution is -2.16. The van der Waals surface area contributed by atoms with Crippen LogP contribution >= 0.6 is 46.4 Å². The number of carbonyl (C=O) groups excluding carboxylic acids is 1. The van der Waals surface area contributed by atoms with Gasteiger partial charge in [-0.2, -0.15) is 0 Å². The maximum absolute atomic E-state index is 12.6. The summed E-state index contributed by atoms with van der Waals surface area (Å²) in [7, 11) is 0. The molecule has 1 nitrogen and oxygen atoms in total. The van der Waals surface area contributed by atoms with Gasteiger partial charge in [0.05, 0.1) is 25.7 Å². The minimum atomic E-state index is -0.0674. The van der Waals surface area contributed by atoms with Crippen LogP contribution in [0.25, 0.3) is 0 Å². The van der Waals surface area contributed by atoms with Gasteiger partial charge < -0.3 is 0 Å². The molecule has 0 aliphatic carbocycles. The number of hydrogen-bond acceptors (Lipinski definition) is 1. The van der Waals surface area contributed by atoms with Crippen molar-refractivity contribution in [1.82, 2.24) is 0 Å². The molecule has 0 N–H and O–H groups in total. The van der Waals surface area contributed by atoms with Crippen LogP contribution in [-0.4, -0.2) is 5.78 Å². The molecule has 0 aliphatic rings. The fraction of sp³-hybridized carbons (Fsp3) is 0.500. The summed E-state index contributed by atoms with van der Waals surface area (Å²) >= 11 is 24.1. The molecule has 0 atom stereocenters. The van der Waals surface area contributed by atoms with Crippen molar-refractivity contribution in [1.29, 1.82) is 0 Å². The molecule has 0 heterocycles. The first-order valence-corrected chi connectivity index (χ1v) is 7.82. The minimum Gasteiger partial charge on any atom is -0.294 e. The number of Topliss-reactive ketones (excluding diaryl/α,β-unsaturated/α-hetero) is 1. The Morgan fingerprint density at radius 3 is 2.00 bits per heavy atom. The van der Waals surface area contributed by atoms with Crippen LogP contribution in [0.1, 0.15) is 49.9 Å². The van der Waals surface area contributed by atoms with Crippen molar-refractivity contribution in [2.75, 3.05) is 0 Å². The maximum Gasteiger partial charge on any atom is 0.168 e. The molecule has 0 bridgehead atoms. The topological polar surface area (TPSA) is 17.1 Å². The Balaban J connectivity index is 3.21. The van der Waals surface area contributed by atoms with E-state index in [0.717, 1.165) is 25.7 Å². The van der Waals surface area contributed by atoms with Crippen molar-refractivity contribution < 1.29 is 4.79 Å². The third-order valence-corrected chi connectivity index (χ3v) is 4.57. The maximum atomic E-state index is 12.6. The first-order chi connectivity index (χ1) is 8.93. The fourth-order valence-corrected chi connectivity index (χ4v) is 3.20. The van der Waals surface area contributed by atoms with E-state index >= 15 is 0 Å². The van der Waals surface area contributed by atoms with Crippen molar-refractivity contribution in [3.05, 3.63) is 31.7 Å². The van der Waals surface area contributed by atoms with Crippen LogP contribution in [0.5, 0.6) is 0 Å². The third-order valence-electron chi connectivity index (χ3n) is 3.01. The summed E-state index contributed by atoms with van der Waals surface area (Å²) in [6, 6.07) is 1.47. The standard InChI is InChI=1S/C14H16Cl4O/c1-3-5-8(6-4-2)14(19)11-9(15)7-10(16)12(17)13(11)18/h7-8H,3-6H2,1-2H3. The largest absolute Gasteiger partial charge is 0.294 e. The van der Waals surface area contributed by atoms with Crippen LogP contribution in [0.2, 0.25) is 20.1 Å². The van der Waals surface area contributed by atoms with Gasteiger partial charge >= 0.3 is 0 Å². The van der Waals surface area contributed by atoms with Crippen molar-refractivity contribution in [2.45, 2.75) is 39.5 Å². The molecule has 0 saturated carbocycles. The molecule has 0 unspecified atom stereocenters. The highest BCUT2D eigenvalue weighted by atomic mass is 35.5. The molecule has 0 radical (unpaired) electrons. The highest BCUT2D eigenvalue weighted by molar-refractivity contribution is 6.51. The molecule has 0 fully saturated rings. The minimum absolute atomic E-state index is 0.0442. The molecular weight excluding hydrogens is 326 g/mol. The third kappa shape index (κ3) is 4.01. The summed E-state index contributed by atoms with van der Waals surface area (Å²) in [4.78, 5) is 12.6. The van der Waals surface area contributed by atoms with E-state index in [1.165, 1.54) is 6.07 Å². The van der Waals surface area contributed by atoms with E-state index in [1.54, 1.807) is 0 Å². The number of ketones is 1. The van der Waals surface area contributed by atoms with Gasteiger partial charge in [0.15, 0.2) is 5.78 Å². The number of carbonyl (C=O) groups is 1. The molecular formula is C14H16Cl4O. The van der Waals surface area contributed by atoms with Crippen LogP contribution in [0, 0.1) is 5.92 Å². The molecule has 0 spiro atoms. The van der Waals surface area contributed by atoms with Gasteiger partial charge in [-0.25, -0.2) is 0 Å². The normalized spacial score (nSPS) is 11.1. The quantitative estimate of drug-likeness (QED) is 0.319. The first-order valence-electron chi connectivity index (χ1n) is 6.31. The van der Waals surface area contributed by atoms with E-state index in [-0.39, 0.29) is 31.8 Å². The zero-order valence-corrected chi connectivity index (χ0v) is 13.9. The van der Waals surface area contributed by atoms with Crippen LogP contribution in [0.3, 0.4) is 0 Å². The Labute approximate surface area is 134 Å². The fourth-order valence-electron chi connectivity index (χ4n) is 2.10. The van der Waals surface area contributed by atoms with Crippen LogP contribution < -0.4 is 0 Å². The van der Waals surface area contributed by atoms with Gasteiger partial charge in [0.1, 0.15) is 0 Å². The molecule has 5 heteroatoms. The molecule has 19 heavy (non-hydrogen) atoms. The number of halogens is 4. The smallest absolute Gasteiger partial charge is 0.168 e. The van der Waals surface area contributed by atoms with Gasteiger partial charge in [-0.15, -0.1) is 0 Å². The second-order valence-electron chi connectivity index (χ2n) is 4.48. The molecule has 0 aromatic heterocycles. The Hall–Kier alpha value is 0.0500. The van der Waals surface area contributed by atoms with Gasteiger partial charge in [0.25, 0.3) is 0 Å². The number of hydrogen-bond donors (Lipinski definition) is 0. The van der Waals surface area contributed by atoms with Crippen molar-refractivity contribution in [2.24, 2.45) is 5.92 Å². The molecule has 0 aliphatic heterocycles. The molecule has 0 amide bonds. The average molecular weight is 342 g/mol. The second-order valence-corrected chi connectivity index (χ2v) is 6.05. The predicted octanol–water partition coefficient (Wildman–Crippen LogP) is 6.70. The summed E-state index contributed by atoms with van der Waals surface area (Å²) in [6.45, 7) is 4.10. The van der Waals surface area contributed by atoms with Gasteiger partial charge in [-0.1, -0.05) is 73.1 Å². The van der Waals surface area contributed by atoms with Gasteiger partial charge in [0.2, 0.25) is 0 Å². The first kappa shape index (κ1) is 17.1. The average Bonchev–Trinajstić information content (AvgIpc) is 2.35. The van der Waals surface area contributed by atoms with Gasteiger partial charge in [-0.05, 0) is 18.9 Å². The molecule has 106 valence electrons. The summed E-state index contributed by atoms with van der Waals surface area (Å²) in [5.74, 6) is -0.112. The molecule has 1 rings (SSSR count). The lowest BCUT2D eigenvalue weighted by atomic mass is 9.90. The lowest BCUT2D eigenvalue weighted by Gasteiger charge is -2.17. The summed E-state index contributed by atoms with van der Waals surface area (Å²) < 4.78 is 0. The Morgan fingerprint density at radius 1 is 1.00 bits per heavy atom. The van der Waals surface area contributed by atoms with E-state index in [1.807, 2.05) is 13.8 Å². The number of benzene rings is 1. The van der Waals surface area contributed by atoms with Crippen LogP contribution in [0.15, 0.2) is 6.07 Å². The van der Waals surface area contributed by atoms with E-state index in [2.05, 4.69) is 0 Å². The van der Waals surface area contributed by atoms with Crippen molar-refractivity contribution in [3.8, 4) is 0 Å². The monoisotopic (exact) mass is 340 g/mol. The Bertz CT molecular complexity index is 465. The Kier molecular flexibility index (Phi) is 6.96. The molecule has 1 aromatic carbocycles. The predicted molar refractivity (Wildman–Crippen MR) is 84.1 cm³/mol. The number of rotatable bonds is 6. The van der Waals surface area contributed by atoms with E-state index < -0.39 is 0 Å². The van der Waals surface area contributed by atoms with E-state index in [9.17, 15) is 4.79 Å². The van der Waals surface area contributed by atoms with Gasteiger partial charge in [0, 0.05) is 5.92 Å². The van der Waals surface area contributed by atoms with Crippen molar-refractivity contribution in [3.63, 3.8) is 0 Å². The zero-order valence-electron chi connectivity index (χ0n) is 10.9. The molecule has 0 saturated heterocycles. The summed E-state index contributed by atoms with van der Waals surface area (Å²) in [6.07, 6.45) is 3.51. The molecule has 1 aromatic rings. The lowest BCUT2D eigenvalue weighted by molar-refractivity contribution is 0.0905. The van der Waals surface area contributed by atoms with E-state index in [0.29, 0.717) is 5.56 Å². The van der Waals surface area contributed by atoms with E-state index in [4.69, 9.17) is 46.4 Å². The zero-order chi connectivity index (χ0) is 14.6. The highest BCUT2D eigenvalue weighted by Gasteiger charge is 2.25. The van der Waals surface area contributed by atoms with Gasteiger partial charge in [-0.3, -0.25) is 4.79 Å². The Morgan fingerprint density at radius 2 is 1.53 bits per heavy atom. The second kappa shape index (κ2) is 7.73. The van der Waals surface area contributed by atoms with Crippen LogP contribution in [-0.2, 0) is 0 Å². The SMILES string of the molecule is CCCC(CCC)C(=O)c1c(Cl)cc(Cl)c(Cl)c1Cl. The summed E-state index contributed by atoms with van der Waals surface area (Å²) in [5.41, 5.74) is 0.296. The van der Waals surface area contributed by atoms with Crippen LogP contribution in [0.4, 0.5) is 0 Å². The van der Waals surface area contributed by atoms with Crippen molar-refractivity contribution >= 4 is 52.2 Å². The summed E-state index contributed by atoms with van der Waals surface area (Å²) in [5, 5.41) is 0.863. The highest BCUT2D eigenvalue weighted by Crippen LogP contribution is 2.39.